The highest BCUT2D eigenvalue weighted by molar-refractivity contribution is 5.70. The molecule has 3 atom stereocenters. The van der Waals surface area contributed by atoms with Crippen LogP contribution in [0.2, 0.25) is 0 Å². The summed E-state index contributed by atoms with van der Waals surface area (Å²) >= 11 is 0. The first-order valence-electron chi connectivity index (χ1n) is 23.0. The van der Waals surface area contributed by atoms with Crippen LogP contribution in [0, 0.1) is 5.92 Å². The van der Waals surface area contributed by atoms with Crippen LogP contribution in [0.1, 0.15) is 201 Å². The second-order valence-electron chi connectivity index (χ2n) is 15.5. The smallest absolute Gasteiger partial charge is 0.306 e. The van der Waals surface area contributed by atoms with E-state index in [-0.39, 0.29) is 31.6 Å². The van der Waals surface area contributed by atoms with Crippen LogP contribution in [-0.4, -0.2) is 47.6 Å². The number of allylic oxidation sites excluding steroid dienone is 10. The summed E-state index contributed by atoms with van der Waals surface area (Å²) < 4.78 is 10.6. The molecule has 0 saturated carbocycles. The van der Waals surface area contributed by atoms with Crippen molar-refractivity contribution in [2.24, 2.45) is 5.92 Å². The number of aliphatic hydroxyl groups is 2. The van der Waals surface area contributed by atoms with Gasteiger partial charge in [-0.2, -0.15) is 0 Å². The fourth-order valence-electron chi connectivity index (χ4n) is 6.29. The minimum atomic E-state index is -0.819. The van der Waals surface area contributed by atoms with Crippen molar-refractivity contribution in [3.05, 3.63) is 72.9 Å². The zero-order valence-electron chi connectivity index (χ0n) is 36.4. The lowest BCUT2D eigenvalue weighted by Crippen LogP contribution is -2.28. The molecule has 2 unspecified atom stereocenters. The Hall–Kier alpha value is -2.70. The quantitative estimate of drug-likeness (QED) is 0.0278. The van der Waals surface area contributed by atoms with Gasteiger partial charge in [0.05, 0.1) is 12.7 Å². The van der Waals surface area contributed by atoms with Gasteiger partial charge in [-0.05, 0) is 50.9 Å². The van der Waals surface area contributed by atoms with Gasteiger partial charge < -0.3 is 19.7 Å². The maximum absolute atomic E-state index is 12.2. The molecule has 0 bridgehead atoms. The first kappa shape index (κ1) is 53.3. The molecule has 6 nitrogen and oxygen atoms in total. The zero-order chi connectivity index (χ0) is 41.0. The molecule has 0 spiro atoms. The fraction of sp³-hybridized carbons (Fsp3) is 0.720. The Morgan fingerprint density at radius 3 is 1.62 bits per heavy atom. The average Bonchev–Trinajstić information content (AvgIpc) is 3.20. The summed E-state index contributed by atoms with van der Waals surface area (Å²) in [5, 5.41) is 19.6. The molecule has 0 aliphatic rings. The number of unbranched alkanes of at least 4 members (excludes halogenated alkanes) is 17. The molecule has 0 radical (unpaired) electrons. The summed E-state index contributed by atoms with van der Waals surface area (Å²) in [7, 11) is 0. The highest BCUT2D eigenvalue weighted by Crippen LogP contribution is 2.17. The van der Waals surface area contributed by atoms with Crippen molar-refractivity contribution < 1.29 is 29.3 Å². The van der Waals surface area contributed by atoms with Gasteiger partial charge in [0.1, 0.15) is 6.61 Å². The molecular weight excluding hydrogens is 697 g/mol. The molecule has 6 heteroatoms. The van der Waals surface area contributed by atoms with Crippen LogP contribution in [0.5, 0.6) is 0 Å². The maximum Gasteiger partial charge on any atom is 0.306 e. The highest BCUT2D eigenvalue weighted by atomic mass is 16.6. The third-order valence-corrected chi connectivity index (χ3v) is 10.1. The molecule has 0 saturated heterocycles. The van der Waals surface area contributed by atoms with Crippen molar-refractivity contribution in [2.45, 2.75) is 213 Å². The molecule has 0 amide bonds. The van der Waals surface area contributed by atoms with Crippen LogP contribution < -0.4 is 0 Å². The van der Waals surface area contributed by atoms with E-state index < -0.39 is 12.2 Å². The monoisotopic (exact) mass is 783 g/mol. The van der Waals surface area contributed by atoms with Crippen LogP contribution in [0.4, 0.5) is 0 Å². The Labute approximate surface area is 345 Å². The second-order valence-corrected chi connectivity index (χ2v) is 15.5. The largest absolute Gasteiger partial charge is 0.462 e. The lowest BCUT2D eigenvalue weighted by atomic mass is 9.99. The molecule has 0 aliphatic heterocycles. The number of ether oxygens (including phenoxy) is 2. The number of rotatable bonds is 40. The van der Waals surface area contributed by atoms with E-state index in [1.54, 1.807) is 6.08 Å². The number of carbonyl (C=O) groups is 2. The summed E-state index contributed by atoms with van der Waals surface area (Å²) in [6.45, 7) is 6.30. The number of esters is 2. The Bertz CT molecular complexity index is 1050. The van der Waals surface area contributed by atoms with E-state index in [0.29, 0.717) is 19.3 Å². The SMILES string of the molecule is CC/C=C\C/C=C\CC(O)/C=C/C=C\C/C=C\C/C=C\CCC(=O)OC[C@H](CO)OC(=O)CCCCCCCCCCCCCCCCCCCCC(C)CC. The highest BCUT2D eigenvalue weighted by Gasteiger charge is 2.16. The van der Waals surface area contributed by atoms with Crippen molar-refractivity contribution in [3.8, 4) is 0 Å². The number of carbonyl (C=O) groups excluding carboxylic acids is 2. The summed E-state index contributed by atoms with van der Waals surface area (Å²) in [5.74, 6) is 0.191. The van der Waals surface area contributed by atoms with E-state index in [1.165, 1.54) is 109 Å². The minimum absolute atomic E-state index is 0.123. The standard InChI is InChI=1S/C50H86O6/c1-4-6-7-8-30-35-40-47(52)41-36-31-26-22-19-20-23-27-32-37-42-49(53)55-45-48(44-51)56-50(54)43-38-33-28-24-18-16-14-12-10-9-11-13-15-17-21-25-29-34-39-46(3)5-2/h6-7,19-20,26-27,30-32,35-36,41,46-48,51-52H,4-5,8-18,21-25,28-29,33-34,37-40,42-45H2,1-3H3/b7-6-,20-19-,31-26-,32-27-,35-30-,41-36+/t46?,47?,48-/m0/s1. The molecule has 0 aromatic carbocycles. The molecular formula is C50H86O6. The van der Waals surface area contributed by atoms with Gasteiger partial charge in [0.25, 0.3) is 0 Å². The predicted octanol–water partition coefficient (Wildman–Crippen LogP) is 13.7. The molecule has 322 valence electrons. The Morgan fingerprint density at radius 2 is 1.07 bits per heavy atom. The Morgan fingerprint density at radius 1 is 0.571 bits per heavy atom. The van der Waals surface area contributed by atoms with Crippen molar-refractivity contribution in [3.63, 3.8) is 0 Å². The van der Waals surface area contributed by atoms with Crippen molar-refractivity contribution in [1.29, 1.82) is 0 Å². The third-order valence-electron chi connectivity index (χ3n) is 10.1. The number of hydrogen-bond donors (Lipinski definition) is 2. The fourth-order valence-corrected chi connectivity index (χ4v) is 6.29. The van der Waals surface area contributed by atoms with Gasteiger partial charge in [-0.1, -0.05) is 216 Å². The molecule has 0 fully saturated rings. The second kappa shape index (κ2) is 43.4. The van der Waals surface area contributed by atoms with Crippen LogP contribution in [-0.2, 0) is 19.1 Å². The van der Waals surface area contributed by atoms with E-state index in [1.807, 2.05) is 36.5 Å². The predicted molar refractivity (Wildman–Crippen MR) is 239 cm³/mol. The van der Waals surface area contributed by atoms with Gasteiger partial charge in [0.15, 0.2) is 6.10 Å². The van der Waals surface area contributed by atoms with E-state index >= 15 is 0 Å². The van der Waals surface area contributed by atoms with Crippen molar-refractivity contribution in [2.75, 3.05) is 13.2 Å². The number of aliphatic hydroxyl groups excluding tert-OH is 2. The van der Waals surface area contributed by atoms with Gasteiger partial charge in [-0.3, -0.25) is 9.59 Å². The van der Waals surface area contributed by atoms with Crippen LogP contribution >= 0.6 is 0 Å². The van der Waals surface area contributed by atoms with Crippen molar-refractivity contribution in [1.82, 2.24) is 0 Å². The Balaban J connectivity index is 3.67. The Kier molecular flexibility index (Phi) is 41.3. The summed E-state index contributed by atoms with van der Waals surface area (Å²) in [4.78, 5) is 24.3. The van der Waals surface area contributed by atoms with E-state index in [2.05, 4.69) is 51.2 Å². The molecule has 0 aromatic rings. The van der Waals surface area contributed by atoms with Gasteiger partial charge >= 0.3 is 11.9 Å². The first-order chi connectivity index (χ1) is 27.4. The van der Waals surface area contributed by atoms with Crippen LogP contribution in [0.15, 0.2) is 72.9 Å². The molecule has 0 rings (SSSR count). The molecule has 56 heavy (non-hydrogen) atoms. The molecule has 0 aliphatic carbocycles. The van der Waals surface area contributed by atoms with E-state index in [4.69, 9.17) is 9.47 Å². The molecule has 2 N–H and O–H groups in total. The lowest BCUT2D eigenvalue weighted by molar-refractivity contribution is -0.161. The third kappa shape index (κ3) is 40.9. The van der Waals surface area contributed by atoms with Gasteiger partial charge in [-0.25, -0.2) is 0 Å². The summed E-state index contributed by atoms with van der Waals surface area (Å²) in [6.07, 6.45) is 54.4. The number of hydrogen-bond acceptors (Lipinski definition) is 6. The normalized spacial score (nSPS) is 14.0. The summed E-state index contributed by atoms with van der Waals surface area (Å²) in [6, 6.07) is 0. The van der Waals surface area contributed by atoms with Gasteiger partial charge in [0, 0.05) is 12.8 Å². The van der Waals surface area contributed by atoms with Gasteiger partial charge in [0.2, 0.25) is 0 Å². The van der Waals surface area contributed by atoms with Crippen molar-refractivity contribution >= 4 is 11.9 Å². The van der Waals surface area contributed by atoms with E-state index in [0.717, 1.165) is 50.9 Å². The molecule has 0 heterocycles. The summed E-state index contributed by atoms with van der Waals surface area (Å²) in [5.41, 5.74) is 0. The van der Waals surface area contributed by atoms with Crippen LogP contribution in [0.3, 0.4) is 0 Å². The van der Waals surface area contributed by atoms with Gasteiger partial charge in [-0.15, -0.1) is 0 Å². The topological polar surface area (TPSA) is 93.1 Å². The molecule has 0 aromatic heterocycles. The lowest BCUT2D eigenvalue weighted by Gasteiger charge is -2.15. The minimum Gasteiger partial charge on any atom is -0.462 e. The van der Waals surface area contributed by atoms with E-state index in [9.17, 15) is 19.8 Å². The first-order valence-corrected chi connectivity index (χ1v) is 23.0. The average molecular weight is 783 g/mol. The van der Waals surface area contributed by atoms with Crippen LogP contribution in [0.25, 0.3) is 0 Å². The zero-order valence-corrected chi connectivity index (χ0v) is 36.4. The maximum atomic E-state index is 12.2.